The lowest BCUT2D eigenvalue weighted by molar-refractivity contribution is -0.131. The summed E-state index contributed by atoms with van der Waals surface area (Å²) < 4.78 is 13.1. The second-order valence-corrected chi connectivity index (χ2v) is 8.59. The van der Waals surface area contributed by atoms with Crippen LogP contribution in [0.4, 0.5) is 0 Å². The summed E-state index contributed by atoms with van der Waals surface area (Å²) in [7, 11) is 0. The van der Waals surface area contributed by atoms with Crippen LogP contribution in [0.15, 0.2) is 63.6 Å². The summed E-state index contributed by atoms with van der Waals surface area (Å²) in [4.78, 5) is 16.1. The van der Waals surface area contributed by atoms with Crippen LogP contribution in [-0.4, -0.2) is 22.7 Å². The number of aliphatic carboxylic acids is 1. The third kappa shape index (κ3) is 5.05. The van der Waals surface area contributed by atoms with Crippen molar-refractivity contribution in [2.75, 3.05) is 6.61 Å². The van der Waals surface area contributed by atoms with Gasteiger partial charge in [-0.25, -0.2) is 9.78 Å². The Morgan fingerprint density at radius 1 is 1.30 bits per heavy atom. The number of para-hydroxylation sites is 2. The molecule has 0 atom stereocenters. The number of hydrogen-bond acceptors (Lipinski definition) is 5. The number of aromatic nitrogens is 1. The Kier molecular flexibility index (Phi) is 6.82. The molecular formula is C19H13I2NO4S. The normalized spacial score (nSPS) is 11.6. The molecule has 0 aliphatic rings. The van der Waals surface area contributed by atoms with Crippen LogP contribution in [0.25, 0.3) is 17.2 Å². The van der Waals surface area contributed by atoms with E-state index in [-0.39, 0.29) is 4.91 Å². The number of thioether (sulfide) groups is 1. The van der Waals surface area contributed by atoms with Gasteiger partial charge < -0.3 is 14.3 Å². The number of nitrogens with zero attached hydrogens (tertiary/aromatic N) is 1. The van der Waals surface area contributed by atoms with E-state index in [2.05, 4.69) is 56.7 Å². The number of carbonyl (C=O) groups is 1. The molecule has 2 aromatic carbocycles. The van der Waals surface area contributed by atoms with Crippen molar-refractivity contribution in [3.8, 4) is 5.75 Å². The van der Waals surface area contributed by atoms with Crippen molar-refractivity contribution in [2.24, 2.45) is 0 Å². The molecule has 3 aromatic rings. The molecular weight excluding hydrogens is 592 g/mol. The van der Waals surface area contributed by atoms with Crippen molar-refractivity contribution >= 4 is 80.1 Å². The van der Waals surface area contributed by atoms with Gasteiger partial charge in [-0.05, 0) is 92.8 Å². The molecule has 0 saturated heterocycles. The van der Waals surface area contributed by atoms with E-state index in [9.17, 15) is 9.90 Å². The van der Waals surface area contributed by atoms with Gasteiger partial charge in [0.05, 0.1) is 7.14 Å². The number of halogens is 2. The molecule has 0 spiro atoms. The number of hydrogen-bond donors (Lipinski definition) is 1. The predicted octanol–water partition coefficient (Wildman–Crippen LogP) is 5.82. The van der Waals surface area contributed by atoms with Crippen LogP contribution >= 0.6 is 56.9 Å². The first-order chi connectivity index (χ1) is 13.0. The fourth-order valence-corrected chi connectivity index (χ4v) is 5.09. The van der Waals surface area contributed by atoms with Gasteiger partial charge >= 0.3 is 5.97 Å². The number of ether oxygens (including phenoxy) is 1. The zero-order chi connectivity index (χ0) is 19.4. The van der Waals surface area contributed by atoms with E-state index in [1.54, 1.807) is 18.2 Å². The van der Waals surface area contributed by atoms with Gasteiger partial charge in [-0.15, -0.1) is 0 Å². The van der Waals surface area contributed by atoms with E-state index < -0.39 is 5.97 Å². The van der Waals surface area contributed by atoms with E-state index in [0.717, 1.165) is 30.2 Å². The van der Waals surface area contributed by atoms with Crippen molar-refractivity contribution in [1.82, 2.24) is 4.98 Å². The number of oxazole rings is 1. The highest BCUT2D eigenvalue weighted by molar-refractivity contribution is 14.1. The molecule has 0 amide bonds. The minimum Gasteiger partial charge on any atom is -0.487 e. The minimum absolute atomic E-state index is 0.118. The Labute approximate surface area is 187 Å². The molecule has 0 aliphatic heterocycles. The summed E-state index contributed by atoms with van der Waals surface area (Å²) >= 11 is 5.32. The van der Waals surface area contributed by atoms with Crippen LogP contribution in [0.2, 0.25) is 0 Å². The maximum absolute atomic E-state index is 11.7. The van der Waals surface area contributed by atoms with Crippen LogP contribution in [0.1, 0.15) is 5.56 Å². The van der Waals surface area contributed by atoms with Crippen LogP contribution < -0.4 is 4.74 Å². The van der Waals surface area contributed by atoms with Gasteiger partial charge in [0.1, 0.15) is 22.8 Å². The topological polar surface area (TPSA) is 72.6 Å². The number of carboxylic acid groups (broad SMARTS) is 1. The third-order valence-electron chi connectivity index (χ3n) is 3.35. The van der Waals surface area contributed by atoms with Gasteiger partial charge in [0.15, 0.2) is 5.58 Å². The van der Waals surface area contributed by atoms with Gasteiger partial charge in [0, 0.05) is 0 Å². The molecule has 1 aromatic heterocycles. The standard InChI is InChI=1S/C19H13I2NO4S/c1-2-7-25-17-12(20)8-11(9-13(17)21)10-16(18(23)24)27-19-22-14-5-3-4-6-15(14)26-19/h2-6,8-10H,1,7H2,(H,23,24)/b16-10-. The second kappa shape index (κ2) is 9.11. The third-order valence-corrected chi connectivity index (χ3v) is 5.81. The first-order valence-corrected chi connectivity index (χ1v) is 10.7. The number of rotatable bonds is 7. The molecule has 0 radical (unpaired) electrons. The Bertz CT molecular complexity index is 989. The smallest absolute Gasteiger partial charge is 0.342 e. The molecule has 5 nitrogen and oxygen atoms in total. The van der Waals surface area contributed by atoms with Crippen molar-refractivity contribution in [3.05, 3.63) is 66.7 Å². The zero-order valence-corrected chi connectivity index (χ0v) is 18.9. The van der Waals surface area contributed by atoms with Crippen molar-refractivity contribution in [3.63, 3.8) is 0 Å². The lowest BCUT2D eigenvalue weighted by atomic mass is 10.2. The molecule has 138 valence electrons. The van der Waals surface area contributed by atoms with Crippen molar-refractivity contribution in [2.45, 2.75) is 5.22 Å². The fourth-order valence-electron chi connectivity index (χ4n) is 2.22. The Balaban J connectivity index is 1.91. The summed E-state index contributed by atoms with van der Waals surface area (Å²) in [5.41, 5.74) is 2.07. The second-order valence-electron chi connectivity index (χ2n) is 5.28. The largest absolute Gasteiger partial charge is 0.487 e. The van der Waals surface area contributed by atoms with Gasteiger partial charge in [0.25, 0.3) is 5.22 Å². The summed E-state index contributed by atoms with van der Waals surface area (Å²) in [5, 5.41) is 9.87. The van der Waals surface area contributed by atoms with E-state index in [1.807, 2.05) is 30.3 Å². The number of benzene rings is 2. The van der Waals surface area contributed by atoms with Crippen LogP contribution in [0.3, 0.4) is 0 Å². The monoisotopic (exact) mass is 605 g/mol. The SMILES string of the molecule is C=CCOc1c(I)cc(/C=C(\Sc2nc3ccccc3o2)C(=O)O)cc1I. The van der Waals surface area contributed by atoms with E-state index in [0.29, 0.717) is 22.9 Å². The zero-order valence-electron chi connectivity index (χ0n) is 13.8. The maximum Gasteiger partial charge on any atom is 0.342 e. The van der Waals surface area contributed by atoms with Crippen LogP contribution in [-0.2, 0) is 4.79 Å². The average Bonchev–Trinajstić information content (AvgIpc) is 3.03. The molecule has 0 bridgehead atoms. The molecule has 27 heavy (non-hydrogen) atoms. The number of carboxylic acids is 1. The molecule has 0 saturated carbocycles. The quantitative estimate of drug-likeness (QED) is 0.159. The van der Waals surface area contributed by atoms with E-state index in [1.165, 1.54) is 0 Å². The minimum atomic E-state index is -1.04. The maximum atomic E-state index is 11.7. The van der Waals surface area contributed by atoms with Gasteiger partial charge in [0.2, 0.25) is 0 Å². The highest BCUT2D eigenvalue weighted by Crippen LogP contribution is 2.33. The van der Waals surface area contributed by atoms with Gasteiger partial charge in [-0.1, -0.05) is 24.8 Å². The number of fused-ring (bicyclic) bond motifs is 1. The first-order valence-electron chi connectivity index (χ1n) is 7.69. The molecule has 0 aliphatic carbocycles. The molecule has 1 heterocycles. The summed E-state index contributed by atoms with van der Waals surface area (Å²) in [6.07, 6.45) is 3.28. The van der Waals surface area contributed by atoms with Gasteiger partial charge in [-0.2, -0.15) is 0 Å². The Hall–Kier alpha value is -1.53. The highest BCUT2D eigenvalue weighted by Gasteiger charge is 2.16. The van der Waals surface area contributed by atoms with Gasteiger partial charge in [-0.3, -0.25) is 0 Å². The van der Waals surface area contributed by atoms with Crippen molar-refractivity contribution < 1.29 is 19.1 Å². The predicted molar refractivity (Wildman–Crippen MR) is 123 cm³/mol. The highest BCUT2D eigenvalue weighted by atomic mass is 127. The Morgan fingerprint density at radius 2 is 2.00 bits per heavy atom. The van der Waals surface area contributed by atoms with Crippen molar-refractivity contribution in [1.29, 1.82) is 0 Å². The fraction of sp³-hybridized carbons (Fsp3) is 0.0526. The lowest BCUT2D eigenvalue weighted by Crippen LogP contribution is -1.99. The lowest BCUT2D eigenvalue weighted by Gasteiger charge is -2.10. The molecule has 0 unspecified atom stereocenters. The average molecular weight is 605 g/mol. The van der Waals surface area contributed by atoms with E-state index in [4.69, 9.17) is 9.15 Å². The molecule has 8 heteroatoms. The summed E-state index contributed by atoms with van der Waals surface area (Å²) in [5.74, 6) is -0.281. The molecule has 0 fully saturated rings. The van der Waals surface area contributed by atoms with Crippen LogP contribution in [0, 0.1) is 7.14 Å². The molecule has 1 N–H and O–H groups in total. The van der Waals surface area contributed by atoms with Crippen LogP contribution in [0.5, 0.6) is 5.75 Å². The first kappa shape index (κ1) is 20.2. The summed E-state index contributed by atoms with van der Waals surface area (Å²) in [6, 6.07) is 11.1. The van der Waals surface area contributed by atoms with E-state index >= 15 is 0 Å². The summed E-state index contributed by atoms with van der Waals surface area (Å²) in [6.45, 7) is 4.06. The molecule has 3 rings (SSSR count). The Morgan fingerprint density at radius 3 is 2.63 bits per heavy atom.